The van der Waals surface area contributed by atoms with Crippen LogP contribution < -0.4 is 20.7 Å². The molecule has 0 saturated carbocycles. The van der Waals surface area contributed by atoms with Crippen molar-refractivity contribution in [3.05, 3.63) is 57.4 Å². The number of H-pyrrole nitrogens is 1. The third-order valence-corrected chi connectivity index (χ3v) is 4.62. The Kier molecular flexibility index (Phi) is 5.95. The topological polar surface area (TPSA) is 93.6 Å². The number of benzene rings is 1. The summed E-state index contributed by atoms with van der Waals surface area (Å²) in [5.41, 5.74) is -0.941. The molecule has 2 heterocycles. The first-order chi connectivity index (χ1) is 13.0. The Morgan fingerprint density at radius 1 is 1.11 bits per heavy atom. The zero-order valence-corrected chi connectivity index (χ0v) is 15.2. The van der Waals surface area contributed by atoms with E-state index in [1.807, 2.05) is 24.3 Å². The van der Waals surface area contributed by atoms with Crippen molar-refractivity contribution >= 4 is 5.91 Å². The highest BCUT2D eigenvalue weighted by molar-refractivity contribution is 5.76. The number of carbonyl (C=O) groups excluding carboxylic acids is 1. The largest absolute Gasteiger partial charge is 0.497 e. The number of amides is 1. The second-order valence-corrected chi connectivity index (χ2v) is 6.43. The summed E-state index contributed by atoms with van der Waals surface area (Å²) in [6.45, 7) is 1.50. The monoisotopic (exact) mass is 373 g/mol. The van der Waals surface area contributed by atoms with E-state index in [0.29, 0.717) is 13.1 Å². The van der Waals surface area contributed by atoms with Gasteiger partial charge in [-0.2, -0.15) is 0 Å². The van der Waals surface area contributed by atoms with Crippen LogP contribution in [0.15, 0.2) is 46.1 Å². The molecule has 144 valence electrons. The first kappa shape index (κ1) is 18.8. The molecule has 1 aliphatic heterocycles. The molecule has 8 heteroatoms. The minimum Gasteiger partial charge on any atom is -0.497 e. The van der Waals surface area contributed by atoms with Crippen molar-refractivity contribution < 1.29 is 14.3 Å². The number of aromatic nitrogens is 2. The van der Waals surface area contributed by atoms with Crippen LogP contribution in [0.1, 0.15) is 19.3 Å². The van der Waals surface area contributed by atoms with Crippen LogP contribution in [0, 0.1) is 0 Å². The normalized spacial score (nSPS) is 14.8. The van der Waals surface area contributed by atoms with Crippen molar-refractivity contribution in [1.82, 2.24) is 14.5 Å². The van der Waals surface area contributed by atoms with Crippen molar-refractivity contribution in [2.45, 2.75) is 31.9 Å². The fraction of sp³-hybridized carbons (Fsp3) is 0.421. The summed E-state index contributed by atoms with van der Waals surface area (Å²) in [7, 11) is 1.62. The van der Waals surface area contributed by atoms with Gasteiger partial charge < -0.3 is 18.9 Å². The van der Waals surface area contributed by atoms with Crippen LogP contribution in [-0.4, -0.2) is 46.7 Å². The quantitative estimate of drug-likeness (QED) is 0.816. The maximum atomic E-state index is 12.4. The number of aryl methyl sites for hydroxylation is 1. The van der Waals surface area contributed by atoms with Gasteiger partial charge in [0.15, 0.2) is 0 Å². The Labute approximate surface area is 156 Å². The summed E-state index contributed by atoms with van der Waals surface area (Å²) < 4.78 is 12.4. The Morgan fingerprint density at radius 3 is 2.41 bits per heavy atom. The Bertz CT molecular complexity index is 879. The number of piperidine rings is 1. The van der Waals surface area contributed by atoms with Gasteiger partial charge in [0, 0.05) is 51.2 Å². The first-order valence-electron chi connectivity index (χ1n) is 8.93. The summed E-state index contributed by atoms with van der Waals surface area (Å²) in [5, 5.41) is 0. The Morgan fingerprint density at radius 2 is 1.78 bits per heavy atom. The van der Waals surface area contributed by atoms with E-state index in [1.54, 1.807) is 12.0 Å². The van der Waals surface area contributed by atoms with Crippen molar-refractivity contribution in [1.29, 1.82) is 0 Å². The number of hydrogen-bond donors (Lipinski definition) is 1. The maximum Gasteiger partial charge on any atom is 0.328 e. The molecule has 2 aromatic rings. The van der Waals surface area contributed by atoms with Gasteiger partial charge in [-0.3, -0.25) is 14.6 Å². The molecule has 1 fully saturated rings. The molecule has 1 saturated heterocycles. The lowest BCUT2D eigenvalue weighted by Crippen LogP contribution is -2.42. The average molecular weight is 373 g/mol. The molecule has 0 atom stereocenters. The highest BCUT2D eigenvalue weighted by Crippen LogP contribution is 2.22. The van der Waals surface area contributed by atoms with E-state index >= 15 is 0 Å². The number of hydrogen-bond acceptors (Lipinski definition) is 5. The van der Waals surface area contributed by atoms with E-state index in [1.165, 1.54) is 16.8 Å². The standard InChI is InChI=1S/C19H23N3O5/c1-26-14-2-4-15(5-3-14)27-16-6-10-21(11-7-16)18(24)9-13-22-12-8-17(23)20-19(22)25/h2-5,8,12,16H,6-7,9-11,13H2,1H3,(H,20,23,25). The maximum absolute atomic E-state index is 12.4. The first-order valence-corrected chi connectivity index (χ1v) is 8.93. The lowest BCUT2D eigenvalue weighted by Gasteiger charge is -2.32. The second kappa shape index (κ2) is 8.57. The number of nitrogens with one attached hydrogen (secondary N) is 1. The summed E-state index contributed by atoms with van der Waals surface area (Å²) in [4.78, 5) is 39.0. The van der Waals surface area contributed by atoms with Gasteiger partial charge in [0.2, 0.25) is 5.91 Å². The van der Waals surface area contributed by atoms with E-state index < -0.39 is 11.2 Å². The smallest absolute Gasteiger partial charge is 0.328 e. The molecule has 1 aromatic carbocycles. The predicted octanol–water partition coefficient (Wildman–Crippen LogP) is 1.01. The van der Waals surface area contributed by atoms with Crippen LogP contribution in [0.2, 0.25) is 0 Å². The molecule has 1 aliphatic rings. The predicted molar refractivity (Wildman–Crippen MR) is 99.2 cm³/mol. The van der Waals surface area contributed by atoms with Crippen LogP contribution in [-0.2, 0) is 11.3 Å². The van der Waals surface area contributed by atoms with Crippen molar-refractivity contribution in [3.63, 3.8) is 0 Å². The van der Waals surface area contributed by atoms with Crippen LogP contribution in [0.5, 0.6) is 11.5 Å². The van der Waals surface area contributed by atoms with Crippen LogP contribution >= 0.6 is 0 Å². The summed E-state index contributed by atoms with van der Waals surface area (Å²) in [5.74, 6) is 1.57. The fourth-order valence-corrected chi connectivity index (χ4v) is 3.06. The van der Waals surface area contributed by atoms with Crippen LogP contribution in [0.25, 0.3) is 0 Å². The number of methoxy groups -OCH3 is 1. The molecule has 0 radical (unpaired) electrons. The molecule has 0 aliphatic carbocycles. The van der Waals surface area contributed by atoms with Gasteiger partial charge >= 0.3 is 5.69 Å². The highest BCUT2D eigenvalue weighted by Gasteiger charge is 2.23. The van der Waals surface area contributed by atoms with E-state index in [0.717, 1.165) is 24.3 Å². The van der Waals surface area contributed by atoms with Gasteiger partial charge in [0.05, 0.1) is 7.11 Å². The number of aromatic amines is 1. The van der Waals surface area contributed by atoms with Gasteiger partial charge in [0.1, 0.15) is 17.6 Å². The van der Waals surface area contributed by atoms with E-state index in [-0.39, 0.29) is 25.0 Å². The molecule has 0 unspecified atom stereocenters. The summed E-state index contributed by atoms with van der Waals surface area (Å²) >= 11 is 0. The number of likely N-dealkylation sites (tertiary alicyclic amines) is 1. The van der Waals surface area contributed by atoms with Gasteiger partial charge in [-0.1, -0.05) is 0 Å². The lowest BCUT2D eigenvalue weighted by atomic mass is 10.1. The minimum absolute atomic E-state index is 0.00371. The number of ether oxygens (including phenoxy) is 2. The fourth-order valence-electron chi connectivity index (χ4n) is 3.06. The third-order valence-electron chi connectivity index (χ3n) is 4.62. The van der Waals surface area contributed by atoms with E-state index in [4.69, 9.17) is 9.47 Å². The molecule has 1 N–H and O–H groups in total. The summed E-state index contributed by atoms with van der Waals surface area (Å²) in [6, 6.07) is 8.73. The molecule has 0 spiro atoms. The zero-order valence-electron chi connectivity index (χ0n) is 15.2. The summed E-state index contributed by atoms with van der Waals surface area (Å²) in [6.07, 6.45) is 3.22. The number of nitrogens with zero attached hydrogens (tertiary/aromatic N) is 2. The van der Waals surface area contributed by atoms with Crippen molar-refractivity contribution in [3.8, 4) is 11.5 Å². The van der Waals surface area contributed by atoms with Crippen LogP contribution in [0.3, 0.4) is 0 Å². The van der Waals surface area contributed by atoms with Gasteiger partial charge in [0.25, 0.3) is 5.56 Å². The Balaban J connectivity index is 1.45. The van der Waals surface area contributed by atoms with E-state index in [9.17, 15) is 14.4 Å². The van der Waals surface area contributed by atoms with Gasteiger partial charge in [-0.25, -0.2) is 4.79 Å². The molecular weight excluding hydrogens is 350 g/mol. The molecule has 1 amide bonds. The molecule has 1 aromatic heterocycles. The number of carbonyl (C=O) groups is 1. The lowest BCUT2D eigenvalue weighted by molar-refractivity contribution is -0.133. The SMILES string of the molecule is COc1ccc(OC2CCN(C(=O)CCn3ccc(=O)[nH]c3=O)CC2)cc1. The molecule has 0 bridgehead atoms. The molecule has 8 nitrogen and oxygen atoms in total. The Hall–Kier alpha value is -3.03. The zero-order chi connectivity index (χ0) is 19.2. The molecule has 3 rings (SSSR count). The third kappa shape index (κ3) is 4.99. The highest BCUT2D eigenvalue weighted by atomic mass is 16.5. The van der Waals surface area contributed by atoms with Crippen LogP contribution in [0.4, 0.5) is 0 Å². The van der Waals surface area contributed by atoms with Crippen molar-refractivity contribution in [2.24, 2.45) is 0 Å². The van der Waals surface area contributed by atoms with Crippen molar-refractivity contribution in [2.75, 3.05) is 20.2 Å². The van der Waals surface area contributed by atoms with Gasteiger partial charge in [-0.05, 0) is 24.3 Å². The van der Waals surface area contributed by atoms with Gasteiger partial charge in [-0.15, -0.1) is 0 Å². The second-order valence-electron chi connectivity index (χ2n) is 6.43. The minimum atomic E-state index is -0.498. The number of rotatable bonds is 6. The molecular formula is C19H23N3O5. The molecule has 27 heavy (non-hydrogen) atoms. The average Bonchev–Trinajstić information content (AvgIpc) is 2.68. The van der Waals surface area contributed by atoms with E-state index in [2.05, 4.69) is 4.98 Å².